The molecule has 1 aromatic heterocycles. The zero-order valence-corrected chi connectivity index (χ0v) is 17.6. The molecule has 1 amide bonds. The number of benzene rings is 1. The minimum atomic E-state index is -0.0650. The van der Waals surface area contributed by atoms with E-state index in [1.54, 1.807) is 11.7 Å². The van der Waals surface area contributed by atoms with E-state index in [2.05, 4.69) is 34.3 Å². The molecule has 0 bridgehead atoms. The smallest absolute Gasteiger partial charge is 0.240 e. The number of methoxy groups -OCH3 is 1. The van der Waals surface area contributed by atoms with Gasteiger partial charge in [0.15, 0.2) is 10.6 Å². The second-order valence-electron chi connectivity index (χ2n) is 7.64. The number of nitrogens with zero attached hydrogens (tertiary/aromatic N) is 3. The van der Waals surface area contributed by atoms with Crippen LogP contribution in [-0.2, 0) is 11.3 Å². The van der Waals surface area contributed by atoms with Gasteiger partial charge in [0.1, 0.15) is 12.3 Å². The highest BCUT2D eigenvalue weighted by molar-refractivity contribution is 7.71. The molecule has 0 saturated carbocycles. The van der Waals surface area contributed by atoms with Gasteiger partial charge in [0.2, 0.25) is 5.91 Å². The van der Waals surface area contributed by atoms with Crippen LogP contribution in [0.4, 0.5) is 0 Å². The first-order valence-electron chi connectivity index (χ1n) is 9.77. The van der Waals surface area contributed by atoms with Gasteiger partial charge in [-0.2, -0.15) is 5.10 Å². The summed E-state index contributed by atoms with van der Waals surface area (Å²) in [6.07, 6.45) is 2.53. The number of H-pyrrole nitrogens is 1. The van der Waals surface area contributed by atoms with Gasteiger partial charge in [0.05, 0.1) is 7.11 Å². The van der Waals surface area contributed by atoms with E-state index >= 15 is 0 Å². The second kappa shape index (κ2) is 9.34. The topological polar surface area (TPSA) is 75.2 Å². The lowest BCUT2D eigenvalue weighted by molar-refractivity contribution is -0.122. The number of amides is 1. The average Bonchev–Trinajstić information content (AvgIpc) is 3.02. The number of rotatable bonds is 7. The molecule has 0 radical (unpaired) electrons. The Morgan fingerprint density at radius 3 is 2.86 bits per heavy atom. The maximum Gasteiger partial charge on any atom is 0.240 e. The maximum atomic E-state index is 12.6. The molecule has 7 nitrogen and oxygen atoms in total. The quantitative estimate of drug-likeness (QED) is 0.696. The van der Waals surface area contributed by atoms with Crippen LogP contribution >= 0.6 is 12.2 Å². The zero-order valence-electron chi connectivity index (χ0n) is 16.8. The van der Waals surface area contributed by atoms with Crippen LogP contribution in [-0.4, -0.2) is 58.4 Å². The zero-order chi connectivity index (χ0) is 20.1. The molecule has 152 valence electrons. The van der Waals surface area contributed by atoms with Crippen molar-refractivity contribution in [3.05, 3.63) is 29.0 Å². The van der Waals surface area contributed by atoms with Crippen molar-refractivity contribution in [2.45, 2.75) is 39.3 Å². The Balaban J connectivity index is 1.62. The number of carbonyl (C=O) groups excluding carboxylic acids is 1. The number of ether oxygens (including phenoxy) is 1. The third-order valence-corrected chi connectivity index (χ3v) is 5.40. The molecule has 2 unspecified atom stereocenters. The monoisotopic (exact) mass is 403 g/mol. The largest absolute Gasteiger partial charge is 0.497 e. The predicted octanol–water partition coefficient (Wildman–Crippen LogP) is 2.85. The van der Waals surface area contributed by atoms with Crippen LogP contribution in [0.25, 0.3) is 11.4 Å². The van der Waals surface area contributed by atoms with Crippen molar-refractivity contribution >= 4 is 18.1 Å². The summed E-state index contributed by atoms with van der Waals surface area (Å²) in [7, 11) is 1.63. The number of piperidine rings is 1. The van der Waals surface area contributed by atoms with E-state index in [0.29, 0.717) is 10.6 Å². The number of nitrogens with one attached hydrogen (secondary N) is 2. The van der Waals surface area contributed by atoms with Crippen LogP contribution in [0.3, 0.4) is 0 Å². The van der Waals surface area contributed by atoms with Crippen LogP contribution < -0.4 is 10.1 Å². The summed E-state index contributed by atoms with van der Waals surface area (Å²) in [5.41, 5.74) is 0.872. The van der Waals surface area contributed by atoms with Gasteiger partial charge in [0, 0.05) is 24.7 Å². The molecule has 28 heavy (non-hydrogen) atoms. The Hall–Kier alpha value is -2.19. The third-order valence-electron chi connectivity index (χ3n) is 5.09. The van der Waals surface area contributed by atoms with E-state index in [1.165, 1.54) is 12.8 Å². The fourth-order valence-electron chi connectivity index (χ4n) is 3.77. The lowest BCUT2D eigenvalue weighted by Crippen LogP contribution is -2.45. The number of hydrogen-bond donors (Lipinski definition) is 2. The predicted molar refractivity (Wildman–Crippen MR) is 112 cm³/mol. The van der Waals surface area contributed by atoms with Crippen LogP contribution in [0, 0.1) is 10.7 Å². The van der Waals surface area contributed by atoms with Crippen molar-refractivity contribution in [2.24, 2.45) is 5.92 Å². The molecule has 1 fully saturated rings. The van der Waals surface area contributed by atoms with Crippen molar-refractivity contribution in [3.8, 4) is 17.1 Å². The molecule has 1 aliphatic rings. The average molecular weight is 404 g/mol. The normalized spacial score (nSPS) is 18.6. The molecule has 2 heterocycles. The fraction of sp³-hybridized carbons (Fsp3) is 0.550. The summed E-state index contributed by atoms with van der Waals surface area (Å²) >= 11 is 5.33. The number of hydrogen-bond acceptors (Lipinski definition) is 5. The minimum Gasteiger partial charge on any atom is -0.497 e. The van der Waals surface area contributed by atoms with E-state index in [1.807, 2.05) is 24.3 Å². The van der Waals surface area contributed by atoms with Crippen molar-refractivity contribution in [3.63, 3.8) is 0 Å². The van der Waals surface area contributed by atoms with E-state index in [4.69, 9.17) is 17.0 Å². The fourth-order valence-corrected chi connectivity index (χ4v) is 3.97. The lowest BCUT2D eigenvalue weighted by atomic mass is 10.00. The Bertz CT molecular complexity index is 845. The summed E-state index contributed by atoms with van der Waals surface area (Å²) < 4.78 is 7.35. The van der Waals surface area contributed by atoms with Crippen LogP contribution in [0.15, 0.2) is 24.3 Å². The molecule has 0 spiro atoms. The SMILES string of the molecule is COc1ccc(-c2n[nH]c(=S)n2CC(=O)NC(C)CN2CCCC(C)C2)cc1. The van der Waals surface area contributed by atoms with E-state index in [0.717, 1.165) is 36.9 Å². The highest BCUT2D eigenvalue weighted by Gasteiger charge is 2.19. The molecule has 2 atom stereocenters. The van der Waals surface area contributed by atoms with Gasteiger partial charge >= 0.3 is 0 Å². The standard InChI is InChI=1S/C20H29N5O2S/c1-14-5-4-10-24(11-14)12-15(2)21-18(26)13-25-19(22-23-20(25)28)16-6-8-17(27-3)9-7-16/h6-9,14-15H,4-5,10-13H2,1-3H3,(H,21,26)(H,23,28). The first-order chi connectivity index (χ1) is 13.5. The summed E-state index contributed by atoms with van der Waals surface area (Å²) in [5.74, 6) is 2.07. The van der Waals surface area contributed by atoms with Crippen LogP contribution in [0.2, 0.25) is 0 Å². The maximum absolute atomic E-state index is 12.6. The Kier molecular flexibility index (Phi) is 6.85. The first-order valence-corrected chi connectivity index (χ1v) is 10.2. The van der Waals surface area contributed by atoms with E-state index in [-0.39, 0.29) is 18.5 Å². The Morgan fingerprint density at radius 1 is 1.43 bits per heavy atom. The Morgan fingerprint density at radius 2 is 2.18 bits per heavy atom. The highest BCUT2D eigenvalue weighted by Crippen LogP contribution is 2.21. The molecule has 1 aliphatic heterocycles. The summed E-state index contributed by atoms with van der Waals surface area (Å²) in [6, 6.07) is 7.61. The van der Waals surface area contributed by atoms with E-state index < -0.39 is 0 Å². The molecule has 1 saturated heterocycles. The third kappa shape index (κ3) is 5.20. The van der Waals surface area contributed by atoms with Gasteiger partial charge in [-0.15, -0.1) is 0 Å². The van der Waals surface area contributed by atoms with Crippen molar-refractivity contribution in [1.29, 1.82) is 0 Å². The molecule has 3 rings (SSSR count). The summed E-state index contributed by atoms with van der Waals surface area (Å²) in [6.45, 7) is 7.57. The van der Waals surface area contributed by atoms with Crippen molar-refractivity contribution < 1.29 is 9.53 Å². The second-order valence-corrected chi connectivity index (χ2v) is 8.03. The van der Waals surface area contributed by atoms with Gasteiger partial charge in [-0.25, -0.2) is 0 Å². The van der Waals surface area contributed by atoms with Crippen LogP contribution in [0.1, 0.15) is 26.7 Å². The number of aromatic amines is 1. The number of aromatic nitrogens is 3. The lowest BCUT2D eigenvalue weighted by Gasteiger charge is -2.32. The number of likely N-dealkylation sites (tertiary alicyclic amines) is 1. The van der Waals surface area contributed by atoms with Crippen molar-refractivity contribution in [2.75, 3.05) is 26.7 Å². The number of carbonyl (C=O) groups is 1. The van der Waals surface area contributed by atoms with Crippen LogP contribution in [0.5, 0.6) is 5.75 Å². The molecular formula is C20H29N5O2S. The molecule has 2 aromatic rings. The van der Waals surface area contributed by atoms with Gasteiger partial charge in [-0.05, 0) is 68.7 Å². The van der Waals surface area contributed by atoms with Gasteiger partial charge < -0.3 is 15.0 Å². The molecule has 1 aromatic carbocycles. The molecule has 8 heteroatoms. The molecular weight excluding hydrogens is 374 g/mol. The molecule has 0 aliphatic carbocycles. The van der Waals surface area contributed by atoms with Crippen molar-refractivity contribution in [1.82, 2.24) is 25.0 Å². The van der Waals surface area contributed by atoms with Gasteiger partial charge in [-0.3, -0.25) is 14.5 Å². The molecule has 2 N–H and O–H groups in total. The van der Waals surface area contributed by atoms with Gasteiger partial charge in [-0.1, -0.05) is 6.92 Å². The first kappa shape index (κ1) is 20.5. The highest BCUT2D eigenvalue weighted by atomic mass is 32.1. The summed E-state index contributed by atoms with van der Waals surface area (Å²) in [5, 5.41) is 10.2. The summed E-state index contributed by atoms with van der Waals surface area (Å²) in [4.78, 5) is 15.0. The Labute approximate surface area is 171 Å². The van der Waals surface area contributed by atoms with Gasteiger partial charge in [0.25, 0.3) is 0 Å². The minimum absolute atomic E-state index is 0.0650. The van der Waals surface area contributed by atoms with E-state index in [9.17, 15) is 4.79 Å².